The second-order valence-corrected chi connectivity index (χ2v) is 2.87. The van der Waals surface area contributed by atoms with Gasteiger partial charge in [0.2, 0.25) is 11.9 Å². The summed E-state index contributed by atoms with van der Waals surface area (Å²) < 4.78 is 74.2. The van der Waals surface area contributed by atoms with Gasteiger partial charge in [-0.3, -0.25) is 4.55 Å². The standard InChI is InChI=1S/C4H3F4NO3S/c5-1-3(7)9(4(8)2-6)13(10,11)12/h1-2H,(H,10,11,12). The predicted molar refractivity (Wildman–Crippen MR) is 34.0 cm³/mol. The quantitative estimate of drug-likeness (QED) is 0.447. The van der Waals surface area contributed by atoms with E-state index in [-0.39, 0.29) is 0 Å². The monoisotopic (exact) mass is 221 g/mol. The van der Waals surface area contributed by atoms with Crippen LogP contribution >= 0.6 is 0 Å². The molecule has 4 nitrogen and oxygen atoms in total. The van der Waals surface area contributed by atoms with Crippen molar-refractivity contribution in [3.63, 3.8) is 0 Å². The first-order valence-corrected chi connectivity index (χ1v) is 3.93. The lowest BCUT2D eigenvalue weighted by molar-refractivity contribution is 0.315. The Morgan fingerprint density at radius 1 is 1.15 bits per heavy atom. The van der Waals surface area contributed by atoms with Crippen LogP contribution in [0.1, 0.15) is 0 Å². The van der Waals surface area contributed by atoms with Crippen molar-refractivity contribution in [1.82, 2.24) is 4.31 Å². The molecule has 0 unspecified atom stereocenters. The summed E-state index contributed by atoms with van der Waals surface area (Å²) in [5.41, 5.74) is 0. The van der Waals surface area contributed by atoms with Gasteiger partial charge >= 0.3 is 10.3 Å². The van der Waals surface area contributed by atoms with Gasteiger partial charge in [-0.25, -0.2) is 8.78 Å². The van der Waals surface area contributed by atoms with Crippen LogP contribution in [0.15, 0.2) is 24.6 Å². The molecule has 0 saturated carbocycles. The Morgan fingerprint density at radius 2 is 1.46 bits per heavy atom. The van der Waals surface area contributed by atoms with Gasteiger partial charge in [0, 0.05) is 0 Å². The zero-order valence-corrected chi connectivity index (χ0v) is 6.60. The summed E-state index contributed by atoms with van der Waals surface area (Å²) in [5.74, 6) is -4.62. The molecule has 9 heteroatoms. The first-order chi connectivity index (χ1) is 5.84. The second kappa shape index (κ2) is 4.23. The number of rotatable bonds is 3. The van der Waals surface area contributed by atoms with Crippen molar-refractivity contribution in [3.05, 3.63) is 24.6 Å². The van der Waals surface area contributed by atoms with Crippen molar-refractivity contribution in [2.24, 2.45) is 0 Å². The Labute approximate surface area is 70.6 Å². The van der Waals surface area contributed by atoms with E-state index in [1.807, 2.05) is 0 Å². The molecule has 1 N–H and O–H groups in total. The maximum atomic E-state index is 12.2. The lowest BCUT2D eigenvalue weighted by Crippen LogP contribution is -2.25. The Kier molecular flexibility index (Phi) is 3.88. The van der Waals surface area contributed by atoms with Crippen LogP contribution in [0.5, 0.6) is 0 Å². The highest BCUT2D eigenvalue weighted by Gasteiger charge is 2.27. The lowest BCUT2D eigenvalue weighted by atomic mass is 10.8. The van der Waals surface area contributed by atoms with E-state index in [9.17, 15) is 26.0 Å². The summed E-state index contributed by atoms with van der Waals surface area (Å²) in [5, 5.41) is 0. The summed E-state index contributed by atoms with van der Waals surface area (Å²) in [7, 11) is -5.42. The minimum Gasteiger partial charge on any atom is -0.269 e. The molecular weight excluding hydrogens is 218 g/mol. The zero-order valence-electron chi connectivity index (χ0n) is 5.79. The fraction of sp³-hybridized carbons (Fsp3) is 0. The molecular formula is C4H3F4NO3S. The van der Waals surface area contributed by atoms with Crippen molar-refractivity contribution in [2.45, 2.75) is 0 Å². The first-order valence-electron chi connectivity index (χ1n) is 2.54. The summed E-state index contributed by atoms with van der Waals surface area (Å²) in [6, 6.07) is 0. The van der Waals surface area contributed by atoms with Crippen LogP contribution in [0, 0.1) is 0 Å². The van der Waals surface area contributed by atoms with Crippen LogP contribution in [0.25, 0.3) is 0 Å². The average molecular weight is 221 g/mol. The van der Waals surface area contributed by atoms with E-state index in [0.717, 1.165) is 0 Å². The molecule has 0 saturated heterocycles. The minimum absolute atomic E-state index is 0.961. The van der Waals surface area contributed by atoms with Gasteiger partial charge in [-0.15, -0.1) is 0 Å². The molecule has 0 aliphatic rings. The molecule has 0 aromatic rings. The molecule has 0 aromatic heterocycles. The van der Waals surface area contributed by atoms with Gasteiger partial charge in [0.05, 0.1) is 0 Å². The average Bonchev–Trinajstić information content (AvgIpc) is 2.01. The van der Waals surface area contributed by atoms with Gasteiger partial charge in [-0.2, -0.15) is 21.5 Å². The van der Waals surface area contributed by atoms with Crippen molar-refractivity contribution in [3.8, 4) is 0 Å². The highest BCUT2D eigenvalue weighted by Crippen LogP contribution is 2.19. The Balaban J connectivity index is 5.26. The number of hydrogen-bond acceptors (Lipinski definition) is 2. The Bertz CT molecular complexity index is 317. The smallest absolute Gasteiger partial charge is 0.269 e. The van der Waals surface area contributed by atoms with Gasteiger partial charge in [0.25, 0.3) is 0 Å². The Hall–Kier alpha value is -1.09. The van der Waals surface area contributed by atoms with Crippen molar-refractivity contribution < 1.29 is 30.5 Å². The fourth-order valence-corrected chi connectivity index (χ4v) is 0.932. The summed E-state index contributed by atoms with van der Waals surface area (Å²) in [4.78, 5) is 0. The van der Waals surface area contributed by atoms with Crippen LogP contribution in [0.2, 0.25) is 0 Å². The molecule has 0 rings (SSSR count). The van der Waals surface area contributed by atoms with Crippen molar-refractivity contribution in [2.75, 3.05) is 0 Å². The van der Waals surface area contributed by atoms with E-state index >= 15 is 0 Å². The fourth-order valence-electron chi connectivity index (χ4n) is 0.411. The minimum atomic E-state index is -5.42. The normalized spacial score (nSPS) is 14.5. The molecule has 0 amide bonds. The van der Waals surface area contributed by atoms with E-state index in [4.69, 9.17) is 4.55 Å². The highest BCUT2D eigenvalue weighted by molar-refractivity contribution is 7.83. The summed E-state index contributed by atoms with van der Waals surface area (Å²) in [6.07, 6.45) is -1.92. The van der Waals surface area contributed by atoms with Crippen molar-refractivity contribution >= 4 is 10.3 Å². The van der Waals surface area contributed by atoms with E-state index < -0.39 is 39.2 Å². The third kappa shape index (κ3) is 3.03. The van der Waals surface area contributed by atoms with Gasteiger partial charge in [0.1, 0.15) is 12.7 Å². The van der Waals surface area contributed by atoms with Crippen LogP contribution in [0.4, 0.5) is 17.6 Å². The number of hydrogen-bond donors (Lipinski definition) is 1. The lowest BCUT2D eigenvalue weighted by Gasteiger charge is -2.13. The molecule has 13 heavy (non-hydrogen) atoms. The van der Waals surface area contributed by atoms with Gasteiger partial charge in [-0.05, 0) is 0 Å². The van der Waals surface area contributed by atoms with Crippen LogP contribution in [-0.2, 0) is 10.3 Å². The molecule has 0 spiro atoms. The predicted octanol–water partition coefficient (Wildman–Crippen LogP) is 1.57. The molecule has 0 fully saturated rings. The van der Waals surface area contributed by atoms with Crippen LogP contribution < -0.4 is 0 Å². The molecule has 0 bridgehead atoms. The second-order valence-electron chi connectivity index (χ2n) is 1.61. The van der Waals surface area contributed by atoms with E-state index in [0.29, 0.717) is 0 Å². The zero-order chi connectivity index (χ0) is 10.6. The molecule has 0 aromatic carbocycles. The summed E-state index contributed by atoms with van der Waals surface area (Å²) >= 11 is 0. The Morgan fingerprint density at radius 3 is 1.62 bits per heavy atom. The van der Waals surface area contributed by atoms with Crippen LogP contribution in [-0.4, -0.2) is 17.3 Å². The van der Waals surface area contributed by atoms with E-state index in [1.54, 1.807) is 0 Å². The molecule has 0 atom stereocenters. The van der Waals surface area contributed by atoms with Gasteiger partial charge < -0.3 is 0 Å². The number of nitrogens with zero attached hydrogens (tertiary/aromatic N) is 1. The maximum Gasteiger partial charge on any atom is 0.368 e. The highest BCUT2D eigenvalue weighted by atomic mass is 32.2. The SMILES string of the molecule is O=S(=O)(O)N(C(F)=CF)C(F)=CF. The third-order valence-electron chi connectivity index (χ3n) is 0.799. The van der Waals surface area contributed by atoms with Gasteiger partial charge in [-0.1, -0.05) is 0 Å². The molecule has 0 aliphatic heterocycles. The maximum absolute atomic E-state index is 12.2. The molecule has 0 aliphatic carbocycles. The first kappa shape index (κ1) is 11.9. The number of halogens is 4. The van der Waals surface area contributed by atoms with Gasteiger partial charge in [0.15, 0.2) is 0 Å². The van der Waals surface area contributed by atoms with Crippen molar-refractivity contribution in [1.29, 1.82) is 0 Å². The molecule has 0 heterocycles. The molecule has 76 valence electrons. The molecule has 0 radical (unpaired) electrons. The van der Waals surface area contributed by atoms with E-state index in [2.05, 4.69) is 0 Å². The van der Waals surface area contributed by atoms with Crippen LogP contribution in [0.3, 0.4) is 0 Å². The topological polar surface area (TPSA) is 57.6 Å². The third-order valence-corrected chi connectivity index (χ3v) is 1.61. The summed E-state index contributed by atoms with van der Waals surface area (Å²) in [6.45, 7) is 0. The van der Waals surface area contributed by atoms with E-state index in [1.165, 1.54) is 0 Å². The largest absolute Gasteiger partial charge is 0.368 e.